The molecule has 2 aliphatic rings. The van der Waals surface area contributed by atoms with E-state index in [1.54, 1.807) is 28.4 Å². The minimum absolute atomic E-state index is 0.0562. The Morgan fingerprint density at radius 3 is 2.37 bits per heavy atom. The van der Waals surface area contributed by atoms with E-state index in [-0.39, 0.29) is 17.7 Å². The average molecular weight is 573 g/mol. The number of likely N-dealkylation sites (tertiary alicyclic amines) is 1. The quantitative estimate of drug-likeness (QED) is 0.379. The summed E-state index contributed by atoms with van der Waals surface area (Å²) < 4.78 is 1.80. The van der Waals surface area contributed by atoms with Gasteiger partial charge in [-0.3, -0.25) is 9.59 Å². The number of hydrogen-bond acceptors (Lipinski definition) is 6. The van der Waals surface area contributed by atoms with Crippen molar-refractivity contribution >= 4 is 34.7 Å². The van der Waals surface area contributed by atoms with Crippen LogP contribution in [0.25, 0.3) is 5.65 Å². The van der Waals surface area contributed by atoms with Crippen LogP contribution < -0.4 is 4.90 Å². The second-order valence-electron chi connectivity index (χ2n) is 11.2. The van der Waals surface area contributed by atoms with Gasteiger partial charge in [-0.05, 0) is 60.4 Å². The van der Waals surface area contributed by atoms with E-state index in [0.717, 1.165) is 22.5 Å². The minimum atomic E-state index is -0.875. The highest BCUT2D eigenvalue weighted by Gasteiger charge is 2.37. The normalized spacial score (nSPS) is 17.0. The van der Waals surface area contributed by atoms with Gasteiger partial charge in [0.15, 0.2) is 11.5 Å². The van der Waals surface area contributed by atoms with E-state index in [1.165, 1.54) is 0 Å². The van der Waals surface area contributed by atoms with E-state index in [4.69, 9.17) is 21.7 Å². The predicted molar refractivity (Wildman–Crippen MR) is 157 cm³/mol. The second kappa shape index (κ2) is 10.8. The molecule has 41 heavy (non-hydrogen) atoms. The second-order valence-corrected chi connectivity index (χ2v) is 11.7. The van der Waals surface area contributed by atoms with Crippen LogP contribution in [0.4, 0.5) is 5.69 Å². The van der Waals surface area contributed by atoms with E-state index in [1.807, 2.05) is 66.9 Å². The number of benzene rings is 2. The van der Waals surface area contributed by atoms with Gasteiger partial charge in [0.1, 0.15) is 0 Å². The van der Waals surface area contributed by atoms with Gasteiger partial charge in [-0.25, -0.2) is 9.50 Å². The van der Waals surface area contributed by atoms with Gasteiger partial charge in [0, 0.05) is 63.5 Å². The highest BCUT2D eigenvalue weighted by Crippen LogP contribution is 2.36. The highest BCUT2D eigenvalue weighted by atomic mass is 35.5. The third kappa shape index (κ3) is 5.39. The van der Waals surface area contributed by atoms with Crippen molar-refractivity contribution in [2.24, 2.45) is 5.92 Å². The molecule has 0 aliphatic carbocycles. The average Bonchev–Trinajstić information content (AvgIpc) is 3.36. The van der Waals surface area contributed by atoms with E-state index in [9.17, 15) is 14.7 Å². The third-order valence-corrected chi connectivity index (χ3v) is 8.47. The summed E-state index contributed by atoms with van der Waals surface area (Å²) >= 11 is 6.04. The largest absolute Gasteiger partial charge is 0.385 e. The minimum Gasteiger partial charge on any atom is -0.385 e. The number of anilines is 1. The molecule has 1 N–H and O–H groups in total. The Morgan fingerprint density at radius 2 is 1.71 bits per heavy atom. The maximum absolute atomic E-state index is 12.8. The standard InChI is InChI=1S/C31H33ClN6O3/c1-35(2)29(39)23-19-37(20-23)30(40)22-7-5-21(6-8-22)18-27-33-28-26(4-3-15-38(28)34-27)36-16-13-31(41,14-17-36)24-9-11-25(32)12-10-24/h3-12,15,23,41H,13-14,16-20H2,1-2H3. The van der Waals surface area contributed by atoms with Crippen molar-refractivity contribution in [1.29, 1.82) is 0 Å². The summed E-state index contributed by atoms with van der Waals surface area (Å²) in [6, 6.07) is 19.0. The summed E-state index contributed by atoms with van der Waals surface area (Å²) in [4.78, 5) is 35.3. The van der Waals surface area contributed by atoms with Gasteiger partial charge in [-0.15, -0.1) is 0 Å². The molecule has 0 atom stereocenters. The molecule has 0 saturated carbocycles. The van der Waals surface area contributed by atoms with Crippen molar-refractivity contribution in [2.75, 3.05) is 45.2 Å². The zero-order valence-corrected chi connectivity index (χ0v) is 24.0. The Morgan fingerprint density at radius 1 is 1.02 bits per heavy atom. The summed E-state index contributed by atoms with van der Waals surface area (Å²) in [5.41, 5.74) is 3.41. The molecule has 2 saturated heterocycles. The number of aliphatic hydroxyl groups is 1. The van der Waals surface area contributed by atoms with Crippen molar-refractivity contribution in [3.63, 3.8) is 0 Å². The van der Waals surface area contributed by atoms with Gasteiger partial charge in [-0.2, -0.15) is 5.10 Å². The molecule has 2 aromatic heterocycles. The lowest BCUT2D eigenvalue weighted by molar-refractivity contribution is -0.137. The van der Waals surface area contributed by atoms with Crippen LogP contribution in [0.3, 0.4) is 0 Å². The first-order valence-electron chi connectivity index (χ1n) is 13.9. The van der Waals surface area contributed by atoms with Gasteiger partial charge < -0.3 is 19.8 Å². The highest BCUT2D eigenvalue weighted by molar-refractivity contribution is 6.30. The van der Waals surface area contributed by atoms with Crippen LogP contribution in [0.15, 0.2) is 66.9 Å². The number of carbonyl (C=O) groups is 2. The number of halogens is 1. The number of hydrogen-bond donors (Lipinski definition) is 1. The van der Waals surface area contributed by atoms with Crippen molar-refractivity contribution in [1.82, 2.24) is 24.4 Å². The SMILES string of the molecule is CN(C)C(=O)C1CN(C(=O)c2ccc(Cc3nc4c(N5CCC(O)(c6ccc(Cl)cc6)CC5)cccn4n3)cc2)C1. The van der Waals surface area contributed by atoms with Crippen LogP contribution in [0.2, 0.25) is 5.02 Å². The first-order chi connectivity index (χ1) is 19.7. The Kier molecular flexibility index (Phi) is 7.17. The molecule has 2 fully saturated rings. The van der Waals surface area contributed by atoms with Gasteiger partial charge in [0.05, 0.1) is 17.2 Å². The van der Waals surface area contributed by atoms with Crippen LogP contribution in [-0.2, 0) is 16.8 Å². The van der Waals surface area contributed by atoms with E-state index in [2.05, 4.69) is 4.90 Å². The van der Waals surface area contributed by atoms with Crippen LogP contribution >= 0.6 is 11.6 Å². The van der Waals surface area contributed by atoms with Gasteiger partial charge in [0.2, 0.25) is 5.91 Å². The first kappa shape index (κ1) is 27.2. The smallest absolute Gasteiger partial charge is 0.253 e. The number of fused-ring (bicyclic) bond motifs is 1. The summed E-state index contributed by atoms with van der Waals surface area (Å²) in [6.07, 6.45) is 3.64. The molecule has 212 valence electrons. The number of piperidine rings is 1. The molecular formula is C31H33ClN6O3. The molecule has 9 nitrogen and oxygen atoms in total. The molecule has 0 radical (unpaired) electrons. The lowest BCUT2D eigenvalue weighted by atomic mass is 9.84. The molecule has 0 bridgehead atoms. The number of nitrogens with zero attached hydrogens (tertiary/aromatic N) is 6. The molecule has 0 unspecified atom stereocenters. The fourth-order valence-electron chi connectivity index (χ4n) is 5.72. The van der Waals surface area contributed by atoms with Crippen LogP contribution in [0.5, 0.6) is 0 Å². The number of aromatic nitrogens is 3. The van der Waals surface area contributed by atoms with Gasteiger partial charge >= 0.3 is 0 Å². The number of pyridine rings is 1. The van der Waals surface area contributed by atoms with Crippen LogP contribution in [-0.4, -0.2) is 81.6 Å². The van der Waals surface area contributed by atoms with Gasteiger partial charge in [-0.1, -0.05) is 35.9 Å². The first-order valence-corrected chi connectivity index (χ1v) is 14.2. The molecule has 2 aromatic carbocycles. The molecule has 10 heteroatoms. The van der Waals surface area contributed by atoms with E-state index in [0.29, 0.717) is 61.9 Å². The summed E-state index contributed by atoms with van der Waals surface area (Å²) in [6.45, 7) is 2.31. The predicted octanol–water partition coefficient (Wildman–Crippen LogP) is 3.62. The number of rotatable bonds is 6. The monoisotopic (exact) mass is 572 g/mol. The van der Waals surface area contributed by atoms with Crippen LogP contribution in [0, 0.1) is 5.92 Å². The summed E-state index contributed by atoms with van der Waals surface area (Å²) in [5, 5.41) is 16.7. The fraction of sp³-hybridized carbons (Fsp3) is 0.355. The Hall–Kier alpha value is -3.95. The lowest BCUT2D eigenvalue weighted by Crippen LogP contribution is -2.55. The molecule has 2 aliphatic heterocycles. The van der Waals surface area contributed by atoms with Crippen molar-refractivity contribution in [3.8, 4) is 0 Å². The van der Waals surface area contributed by atoms with Crippen LogP contribution in [0.1, 0.15) is 40.2 Å². The topological polar surface area (TPSA) is 94.3 Å². The Balaban J connectivity index is 1.11. The zero-order valence-electron chi connectivity index (χ0n) is 23.2. The molecule has 2 amide bonds. The van der Waals surface area contributed by atoms with Crippen molar-refractivity contribution in [3.05, 3.63) is 94.4 Å². The van der Waals surface area contributed by atoms with Gasteiger partial charge in [0.25, 0.3) is 5.91 Å². The Bertz CT molecular complexity index is 1570. The fourth-order valence-corrected chi connectivity index (χ4v) is 5.85. The van der Waals surface area contributed by atoms with E-state index < -0.39 is 5.60 Å². The summed E-state index contributed by atoms with van der Waals surface area (Å²) in [7, 11) is 3.47. The number of carbonyl (C=O) groups excluding carboxylic acids is 2. The van der Waals surface area contributed by atoms with Crippen molar-refractivity contribution < 1.29 is 14.7 Å². The number of amides is 2. The maximum Gasteiger partial charge on any atom is 0.253 e. The maximum atomic E-state index is 12.8. The molecule has 0 spiro atoms. The lowest BCUT2D eigenvalue weighted by Gasteiger charge is -2.39. The zero-order chi connectivity index (χ0) is 28.7. The molecular weight excluding hydrogens is 540 g/mol. The van der Waals surface area contributed by atoms with E-state index >= 15 is 0 Å². The molecule has 4 heterocycles. The van der Waals surface area contributed by atoms with Crippen molar-refractivity contribution in [2.45, 2.75) is 24.9 Å². The molecule has 4 aromatic rings. The third-order valence-electron chi connectivity index (χ3n) is 8.22. The Labute approximate surface area is 244 Å². The molecule has 6 rings (SSSR count). The summed E-state index contributed by atoms with van der Waals surface area (Å²) in [5.74, 6) is 0.587.